The number of urea groups is 1. The van der Waals surface area contributed by atoms with Gasteiger partial charge in [0.05, 0.1) is 11.8 Å². The molecule has 32 heavy (non-hydrogen) atoms. The summed E-state index contributed by atoms with van der Waals surface area (Å²) >= 11 is 5.53. The summed E-state index contributed by atoms with van der Waals surface area (Å²) in [7, 11) is 0. The minimum atomic E-state index is -1.59. The van der Waals surface area contributed by atoms with Crippen molar-refractivity contribution in [1.29, 1.82) is 0 Å². The average molecular weight is 482 g/mol. The highest BCUT2D eigenvalue weighted by Crippen LogP contribution is 2.28. The van der Waals surface area contributed by atoms with Crippen LogP contribution in [0.2, 0.25) is 0 Å². The lowest BCUT2D eigenvalue weighted by Gasteiger charge is -2.44. The Kier molecular flexibility index (Phi) is 10.8. The monoisotopic (exact) mass is 481 g/mol. The molecule has 0 aliphatic carbocycles. The molecule has 0 aromatic rings. The Balaban J connectivity index is 3.38. The van der Waals surface area contributed by atoms with Gasteiger partial charge >= 0.3 is 29.9 Å². The van der Waals surface area contributed by atoms with Gasteiger partial charge in [-0.1, -0.05) is 0 Å². The van der Waals surface area contributed by atoms with Gasteiger partial charge in [0.25, 0.3) is 0 Å². The van der Waals surface area contributed by atoms with Crippen molar-refractivity contribution in [2.75, 3.05) is 19.0 Å². The SMILES string of the molecule is CC(=O)OC[C@@H]1O[C@@H](OC(C)=O)[C@@H](NC(=O)N(CCCl)N=O)[C@@H](OC(C)=O)[C@@H]1OC(C)=O. The highest BCUT2D eigenvalue weighted by Gasteiger charge is 2.52. The molecule has 14 nitrogen and oxygen atoms in total. The Morgan fingerprint density at radius 3 is 1.97 bits per heavy atom. The van der Waals surface area contributed by atoms with E-state index in [-0.39, 0.29) is 12.4 Å². The molecule has 1 saturated heterocycles. The number of halogens is 1. The van der Waals surface area contributed by atoms with Gasteiger partial charge in [0, 0.05) is 33.6 Å². The number of hydrogen-bond acceptors (Lipinski definition) is 12. The first kappa shape index (κ1) is 27.0. The number of nitrogens with zero attached hydrogens (tertiary/aromatic N) is 2. The number of nitroso groups, excluding NO2 is 1. The predicted molar refractivity (Wildman–Crippen MR) is 104 cm³/mol. The Morgan fingerprint density at radius 2 is 1.50 bits per heavy atom. The zero-order valence-electron chi connectivity index (χ0n) is 17.8. The third-order valence-corrected chi connectivity index (χ3v) is 4.07. The summed E-state index contributed by atoms with van der Waals surface area (Å²) in [6.45, 7) is 3.57. The third kappa shape index (κ3) is 8.26. The predicted octanol–water partition coefficient (Wildman–Crippen LogP) is 0.00130. The molecule has 1 fully saturated rings. The summed E-state index contributed by atoms with van der Waals surface area (Å²) in [4.78, 5) is 69.7. The van der Waals surface area contributed by atoms with E-state index < -0.39 is 67.2 Å². The van der Waals surface area contributed by atoms with Gasteiger partial charge in [0.2, 0.25) is 6.29 Å². The molecule has 1 N–H and O–H groups in total. The maximum absolute atomic E-state index is 12.5. The van der Waals surface area contributed by atoms with Crippen LogP contribution in [-0.2, 0) is 42.9 Å². The standard InChI is InChI=1S/C17H24ClN3O11/c1-8(22)28-7-12-14(29-9(2)23)15(30-10(3)24)13(16(32-12)31-11(4)25)19-17(26)21(20-27)6-5-18/h12-16H,5-7H2,1-4H3,(H,19,26)/t12-,13-,14+,15+,16+/m0/s1. The van der Waals surface area contributed by atoms with E-state index in [4.69, 9.17) is 35.3 Å². The molecule has 0 unspecified atom stereocenters. The van der Waals surface area contributed by atoms with Crippen LogP contribution < -0.4 is 5.32 Å². The third-order valence-electron chi connectivity index (χ3n) is 3.90. The minimum Gasteiger partial charge on any atom is -0.463 e. The lowest BCUT2D eigenvalue weighted by molar-refractivity contribution is -0.270. The van der Waals surface area contributed by atoms with Crippen LogP contribution in [-0.4, -0.2) is 84.6 Å². The van der Waals surface area contributed by atoms with Crippen LogP contribution in [0.1, 0.15) is 27.7 Å². The highest BCUT2D eigenvalue weighted by atomic mass is 35.5. The molecule has 0 spiro atoms. The molecule has 0 saturated carbocycles. The van der Waals surface area contributed by atoms with E-state index >= 15 is 0 Å². The molecule has 0 bridgehead atoms. The van der Waals surface area contributed by atoms with Crippen LogP contribution in [0.15, 0.2) is 5.29 Å². The molecule has 1 aliphatic rings. The Bertz CT molecular complexity index is 735. The fourth-order valence-electron chi connectivity index (χ4n) is 2.80. The summed E-state index contributed by atoms with van der Waals surface area (Å²) in [5.74, 6) is -3.29. The van der Waals surface area contributed by atoms with Gasteiger partial charge in [-0.25, -0.2) is 4.79 Å². The largest absolute Gasteiger partial charge is 0.463 e. The van der Waals surface area contributed by atoms with Crippen LogP contribution in [0, 0.1) is 4.91 Å². The summed E-state index contributed by atoms with van der Waals surface area (Å²) in [5, 5.41) is 5.28. The maximum atomic E-state index is 12.5. The van der Waals surface area contributed by atoms with Crippen molar-refractivity contribution in [2.24, 2.45) is 5.29 Å². The molecule has 5 atom stereocenters. The van der Waals surface area contributed by atoms with Gasteiger partial charge in [-0.15, -0.1) is 16.5 Å². The van der Waals surface area contributed by atoms with Crippen molar-refractivity contribution in [3.8, 4) is 0 Å². The molecule has 0 aromatic carbocycles. The van der Waals surface area contributed by atoms with E-state index in [2.05, 4.69) is 10.6 Å². The number of esters is 4. The summed E-state index contributed by atoms with van der Waals surface area (Å²) < 4.78 is 26.0. The van der Waals surface area contributed by atoms with E-state index in [0.717, 1.165) is 27.7 Å². The molecule has 180 valence electrons. The molecular weight excluding hydrogens is 458 g/mol. The average Bonchev–Trinajstić information content (AvgIpc) is 2.67. The molecular formula is C17H24ClN3O11. The highest BCUT2D eigenvalue weighted by molar-refractivity contribution is 6.18. The number of carbonyl (C=O) groups excluding carboxylic acids is 5. The normalized spacial score (nSPS) is 24.5. The van der Waals surface area contributed by atoms with Gasteiger partial charge in [-0.2, -0.15) is 5.01 Å². The molecule has 0 aromatic heterocycles. The molecule has 1 rings (SSSR count). The van der Waals surface area contributed by atoms with Crippen molar-refractivity contribution in [1.82, 2.24) is 10.3 Å². The lowest BCUT2D eigenvalue weighted by Crippen LogP contribution is -2.67. The summed E-state index contributed by atoms with van der Waals surface area (Å²) in [6, 6.07) is -2.53. The Morgan fingerprint density at radius 1 is 0.938 bits per heavy atom. The second-order valence-corrected chi connectivity index (χ2v) is 6.85. The Labute approximate surface area is 187 Å². The number of alkyl halides is 1. The van der Waals surface area contributed by atoms with Gasteiger partial charge in [-0.3, -0.25) is 19.2 Å². The summed E-state index contributed by atoms with van der Waals surface area (Å²) in [6.07, 6.45) is -5.69. The molecule has 1 aliphatic heterocycles. The maximum Gasteiger partial charge on any atom is 0.341 e. The quantitative estimate of drug-likeness (QED) is 0.154. The van der Waals surface area contributed by atoms with E-state index in [1.165, 1.54) is 0 Å². The molecule has 15 heteroatoms. The number of ether oxygens (including phenoxy) is 5. The van der Waals surface area contributed by atoms with Crippen LogP contribution in [0.5, 0.6) is 0 Å². The fraction of sp³-hybridized carbons (Fsp3) is 0.706. The topological polar surface area (TPSA) is 176 Å². The van der Waals surface area contributed by atoms with E-state index in [1.54, 1.807) is 0 Å². The van der Waals surface area contributed by atoms with Crippen molar-refractivity contribution in [2.45, 2.75) is 58.3 Å². The van der Waals surface area contributed by atoms with Crippen molar-refractivity contribution >= 4 is 41.5 Å². The number of amides is 2. The van der Waals surface area contributed by atoms with Crippen molar-refractivity contribution < 1.29 is 47.7 Å². The van der Waals surface area contributed by atoms with Crippen LogP contribution >= 0.6 is 11.6 Å². The van der Waals surface area contributed by atoms with Crippen LogP contribution in [0.3, 0.4) is 0 Å². The summed E-state index contributed by atoms with van der Waals surface area (Å²) in [5.41, 5.74) is 0. The zero-order chi connectivity index (χ0) is 24.4. The molecule has 2 amide bonds. The number of rotatable bonds is 9. The zero-order valence-corrected chi connectivity index (χ0v) is 18.5. The van der Waals surface area contributed by atoms with Crippen molar-refractivity contribution in [3.63, 3.8) is 0 Å². The second kappa shape index (κ2) is 12.8. The smallest absolute Gasteiger partial charge is 0.341 e. The van der Waals surface area contributed by atoms with E-state index in [9.17, 15) is 28.9 Å². The van der Waals surface area contributed by atoms with Gasteiger partial charge in [0.1, 0.15) is 18.8 Å². The molecule has 1 heterocycles. The first-order chi connectivity index (χ1) is 15.0. The second-order valence-electron chi connectivity index (χ2n) is 6.47. The van der Waals surface area contributed by atoms with E-state index in [1.807, 2.05) is 0 Å². The molecule has 0 radical (unpaired) electrons. The van der Waals surface area contributed by atoms with Gasteiger partial charge in [0.15, 0.2) is 12.2 Å². The number of nitrogens with one attached hydrogen (secondary N) is 1. The Hall–Kier alpha value is -3.00. The van der Waals surface area contributed by atoms with E-state index in [0.29, 0.717) is 5.01 Å². The van der Waals surface area contributed by atoms with Crippen molar-refractivity contribution in [3.05, 3.63) is 4.91 Å². The lowest BCUT2D eigenvalue weighted by atomic mass is 9.96. The first-order valence-electron chi connectivity index (χ1n) is 9.27. The van der Waals surface area contributed by atoms with Crippen LogP contribution in [0.4, 0.5) is 4.79 Å². The first-order valence-corrected chi connectivity index (χ1v) is 9.81. The minimum absolute atomic E-state index is 0.123. The van der Waals surface area contributed by atoms with Gasteiger partial charge in [-0.05, 0) is 0 Å². The number of hydrogen-bond donors (Lipinski definition) is 1. The van der Waals surface area contributed by atoms with Gasteiger partial charge < -0.3 is 29.0 Å². The van der Waals surface area contributed by atoms with Crippen LogP contribution in [0.25, 0.3) is 0 Å². The fourth-order valence-corrected chi connectivity index (χ4v) is 2.96. The number of carbonyl (C=O) groups is 5.